The summed E-state index contributed by atoms with van der Waals surface area (Å²) in [4.78, 5) is 0. The molecule has 0 radical (unpaired) electrons. The van der Waals surface area contributed by atoms with Gasteiger partial charge in [0.05, 0.1) is 6.61 Å². The van der Waals surface area contributed by atoms with Gasteiger partial charge in [0.2, 0.25) is 0 Å². The lowest BCUT2D eigenvalue weighted by Crippen LogP contribution is -2.35. The predicted molar refractivity (Wildman–Crippen MR) is 79.5 cm³/mol. The molecule has 0 aromatic heterocycles. The number of benzene rings is 2. The van der Waals surface area contributed by atoms with Crippen molar-refractivity contribution in [3.63, 3.8) is 0 Å². The van der Waals surface area contributed by atoms with E-state index in [1.165, 1.54) is 0 Å². The minimum absolute atomic E-state index is 0.493. The summed E-state index contributed by atoms with van der Waals surface area (Å²) in [5, 5.41) is 0.701. The van der Waals surface area contributed by atoms with E-state index in [1.807, 2.05) is 61.5 Å². The van der Waals surface area contributed by atoms with Crippen LogP contribution in [0.2, 0.25) is 5.02 Å². The van der Waals surface area contributed by atoms with Crippen molar-refractivity contribution in [2.75, 3.05) is 6.61 Å². The molecule has 0 heterocycles. The molecule has 0 fully saturated rings. The van der Waals surface area contributed by atoms with Crippen molar-refractivity contribution < 1.29 is 4.74 Å². The van der Waals surface area contributed by atoms with E-state index in [0.717, 1.165) is 11.3 Å². The largest absolute Gasteiger partial charge is 0.494 e. The summed E-state index contributed by atoms with van der Waals surface area (Å²) in [5.41, 5.74) is 6.80. The summed E-state index contributed by atoms with van der Waals surface area (Å²) in [5.74, 6) is 0.859. The maximum atomic E-state index is 6.34. The summed E-state index contributed by atoms with van der Waals surface area (Å²) in [6.45, 7) is 2.53. The third-order valence-electron chi connectivity index (χ3n) is 3.12. The highest BCUT2D eigenvalue weighted by Crippen LogP contribution is 2.28. The Morgan fingerprint density at radius 1 is 1.05 bits per heavy atom. The van der Waals surface area contributed by atoms with Crippen LogP contribution in [-0.2, 0) is 5.54 Å². The van der Waals surface area contributed by atoms with Gasteiger partial charge < -0.3 is 10.5 Å². The summed E-state index contributed by atoms with van der Waals surface area (Å²) < 4.78 is 5.68. The Kier molecular flexibility index (Phi) is 4.46. The van der Waals surface area contributed by atoms with Crippen LogP contribution in [0.25, 0.3) is 0 Å². The van der Waals surface area contributed by atoms with Gasteiger partial charge in [0.1, 0.15) is 5.75 Å². The topological polar surface area (TPSA) is 35.2 Å². The Labute approximate surface area is 119 Å². The van der Waals surface area contributed by atoms with Crippen LogP contribution in [0.5, 0.6) is 5.75 Å². The molecular weight excluding hydrogens is 258 g/mol. The molecule has 0 spiro atoms. The van der Waals surface area contributed by atoms with Gasteiger partial charge in [-0.1, -0.05) is 48.0 Å². The van der Waals surface area contributed by atoms with E-state index in [0.29, 0.717) is 18.1 Å². The van der Waals surface area contributed by atoms with E-state index < -0.39 is 5.54 Å². The number of rotatable bonds is 5. The SMILES string of the molecule is CC(N)(CCOc1ccccc1)c1ccccc1Cl. The fraction of sp³-hybridized carbons (Fsp3) is 0.250. The van der Waals surface area contributed by atoms with Crippen molar-refractivity contribution in [1.29, 1.82) is 0 Å². The van der Waals surface area contributed by atoms with Gasteiger partial charge in [-0.15, -0.1) is 0 Å². The zero-order chi connectivity index (χ0) is 13.7. The van der Waals surface area contributed by atoms with Gasteiger partial charge in [-0.3, -0.25) is 0 Å². The summed E-state index contributed by atoms with van der Waals surface area (Å²) in [6.07, 6.45) is 0.700. The molecule has 0 bridgehead atoms. The number of halogens is 1. The quantitative estimate of drug-likeness (QED) is 0.896. The normalized spacial score (nSPS) is 13.8. The molecule has 2 rings (SSSR count). The molecule has 2 aromatic carbocycles. The first-order valence-electron chi connectivity index (χ1n) is 6.31. The van der Waals surface area contributed by atoms with Crippen LogP contribution in [-0.4, -0.2) is 6.61 Å². The minimum atomic E-state index is -0.493. The number of hydrogen-bond acceptors (Lipinski definition) is 2. The van der Waals surface area contributed by atoms with Crippen molar-refractivity contribution in [2.24, 2.45) is 5.73 Å². The maximum absolute atomic E-state index is 6.34. The lowest BCUT2D eigenvalue weighted by atomic mass is 9.90. The van der Waals surface area contributed by atoms with Crippen LogP contribution in [0.4, 0.5) is 0 Å². The lowest BCUT2D eigenvalue weighted by Gasteiger charge is -2.26. The summed E-state index contributed by atoms with van der Waals surface area (Å²) >= 11 is 6.18. The van der Waals surface area contributed by atoms with Crippen LogP contribution >= 0.6 is 11.6 Å². The fourth-order valence-electron chi connectivity index (χ4n) is 1.96. The molecule has 2 nitrogen and oxygen atoms in total. The maximum Gasteiger partial charge on any atom is 0.119 e. The van der Waals surface area contributed by atoms with Crippen molar-refractivity contribution in [1.82, 2.24) is 0 Å². The Morgan fingerprint density at radius 2 is 1.68 bits per heavy atom. The molecule has 0 aliphatic heterocycles. The lowest BCUT2D eigenvalue weighted by molar-refractivity contribution is 0.267. The van der Waals surface area contributed by atoms with E-state index in [4.69, 9.17) is 22.1 Å². The average molecular weight is 276 g/mol. The Hall–Kier alpha value is -1.51. The van der Waals surface area contributed by atoms with Gasteiger partial charge in [0.25, 0.3) is 0 Å². The first-order valence-corrected chi connectivity index (χ1v) is 6.69. The van der Waals surface area contributed by atoms with Crippen LogP contribution in [0, 0.1) is 0 Å². The molecule has 1 unspecified atom stereocenters. The predicted octanol–water partition coefficient (Wildman–Crippen LogP) is 3.98. The third-order valence-corrected chi connectivity index (χ3v) is 3.45. The minimum Gasteiger partial charge on any atom is -0.494 e. The molecule has 0 aliphatic carbocycles. The smallest absolute Gasteiger partial charge is 0.119 e. The van der Waals surface area contributed by atoms with Crippen LogP contribution in [0.15, 0.2) is 54.6 Å². The van der Waals surface area contributed by atoms with Gasteiger partial charge >= 0.3 is 0 Å². The number of hydrogen-bond donors (Lipinski definition) is 1. The molecule has 0 amide bonds. The molecule has 3 heteroatoms. The van der Waals surface area contributed by atoms with Gasteiger partial charge in [-0.05, 0) is 30.7 Å². The van der Waals surface area contributed by atoms with Crippen molar-refractivity contribution in [3.8, 4) is 5.75 Å². The van der Waals surface area contributed by atoms with Gasteiger partial charge in [-0.2, -0.15) is 0 Å². The van der Waals surface area contributed by atoms with Crippen molar-refractivity contribution in [2.45, 2.75) is 18.9 Å². The zero-order valence-corrected chi connectivity index (χ0v) is 11.7. The van der Waals surface area contributed by atoms with E-state index >= 15 is 0 Å². The second-order valence-corrected chi connectivity index (χ2v) is 5.22. The average Bonchev–Trinajstić information content (AvgIpc) is 2.40. The molecule has 0 aliphatic rings. The van der Waals surface area contributed by atoms with E-state index in [1.54, 1.807) is 0 Å². The number of ether oxygens (including phenoxy) is 1. The fourth-order valence-corrected chi connectivity index (χ4v) is 2.31. The summed E-state index contributed by atoms with van der Waals surface area (Å²) in [6, 6.07) is 17.4. The van der Waals surface area contributed by atoms with Crippen LogP contribution in [0.3, 0.4) is 0 Å². The second-order valence-electron chi connectivity index (χ2n) is 4.81. The highest BCUT2D eigenvalue weighted by atomic mass is 35.5. The van der Waals surface area contributed by atoms with Crippen molar-refractivity contribution >= 4 is 11.6 Å². The van der Waals surface area contributed by atoms with Gasteiger partial charge in [-0.25, -0.2) is 0 Å². The number of para-hydroxylation sites is 1. The molecule has 2 N–H and O–H groups in total. The van der Waals surface area contributed by atoms with Gasteiger partial charge in [0, 0.05) is 17.0 Å². The van der Waals surface area contributed by atoms with E-state index in [9.17, 15) is 0 Å². The molecule has 2 aromatic rings. The molecule has 0 saturated carbocycles. The second kappa shape index (κ2) is 6.09. The molecule has 1 atom stereocenters. The van der Waals surface area contributed by atoms with E-state index in [-0.39, 0.29) is 0 Å². The highest BCUT2D eigenvalue weighted by molar-refractivity contribution is 6.31. The third kappa shape index (κ3) is 3.72. The first kappa shape index (κ1) is 13.9. The molecule has 0 saturated heterocycles. The Balaban J connectivity index is 1.97. The highest BCUT2D eigenvalue weighted by Gasteiger charge is 2.23. The standard InChI is InChI=1S/C16H18ClNO/c1-16(18,14-9-5-6-10-15(14)17)11-12-19-13-7-3-2-4-8-13/h2-10H,11-12,18H2,1H3. The Bertz CT molecular complexity index is 525. The monoisotopic (exact) mass is 275 g/mol. The molecule has 100 valence electrons. The summed E-state index contributed by atoms with van der Waals surface area (Å²) in [7, 11) is 0. The van der Waals surface area contributed by atoms with Crippen molar-refractivity contribution in [3.05, 3.63) is 65.2 Å². The van der Waals surface area contributed by atoms with Gasteiger partial charge in [0.15, 0.2) is 0 Å². The zero-order valence-electron chi connectivity index (χ0n) is 11.0. The number of nitrogens with two attached hydrogens (primary N) is 1. The van der Waals surface area contributed by atoms with Crippen LogP contribution in [0.1, 0.15) is 18.9 Å². The Morgan fingerprint density at radius 3 is 2.37 bits per heavy atom. The molecule has 19 heavy (non-hydrogen) atoms. The van der Waals surface area contributed by atoms with E-state index in [2.05, 4.69) is 0 Å². The van der Waals surface area contributed by atoms with Crippen LogP contribution < -0.4 is 10.5 Å². The first-order chi connectivity index (χ1) is 9.09. The molecular formula is C16H18ClNO.